The predicted molar refractivity (Wildman–Crippen MR) is 92.3 cm³/mol. The Morgan fingerprint density at radius 2 is 1.38 bits per heavy atom. The number of halogens is 2. The summed E-state index contributed by atoms with van der Waals surface area (Å²) in [4.78, 5) is 28.2. The van der Waals surface area contributed by atoms with E-state index in [-0.39, 0.29) is 11.8 Å². The molecule has 0 spiro atoms. The molecule has 0 aromatic heterocycles. The molecule has 2 aromatic carbocycles. The van der Waals surface area contributed by atoms with E-state index in [1.54, 1.807) is 28.0 Å². The molecule has 2 amide bonds. The molecule has 0 radical (unpaired) electrons. The molecule has 1 aliphatic rings. The minimum absolute atomic E-state index is 0.0413. The van der Waals surface area contributed by atoms with Crippen molar-refractivity contribution in [2.75, 3.05) is 26.2 Å². The summed E-state index contributed by atoms with van der Waals surface area (Å²) < 4.78 is 14.2. The van der Waals surface area contributed by atoms with Crippen molar-refractivity contribution in [3.05, 3.63) is 69.9 Å². The first-order valence-electron chi connectivity index (χ1n) is 7.64. The number of rotatable bonds is 2. The van der Waals surface area contributed by atoms with Gasteiger partial charge in [-0.2, -0.15) is 0 Å². The van der Waals surface area contributed by atoms with Crippen molar-refractivity contribution in [3.63, 3.8) is 0 Å². The van der Waals surface area contributed by atoms with E-state index < -0.39 is 5.82 Å². The summed E-state index contributed by atoms with van der Waals surface area (Å²) >= 11 is 3.35. The van der Waals surface area contributed by atoms with Crippen LogP contribution in [0.3, 0.4) is 0 Å². The number of nitrogens with zero attached hydrogens (tertiary/aromatic N) is 2. The first kappa shape index (κ1) is 16.6. The molecule has 1 fully saturated rings. The van der Waals surface area contributed by atoms with Crippen molar-refractivity contribution >= 4 is 27.7 Å². The van der Waals surface area contributed by atoms with Gasteiger partial charge in [-0.15, -0.1) is 0 Å². The van der Waals surface area contributed by atoms with Crippen LogP contribution in [0.2, 0.25) is 0 Å². The summed E-state index contributed by atoms with van der Waals surface area (Å²) in [6.45, 7) is 1.82. The lowest BCUT2D eigenvalue weighted by molar-refractivity contribution is 0.0535. The monoisotopic (exact) mass is 390 g/mol. The van der Waals surface area contributed by atoms with E-state index in [0.717, 1.165) is 4.47 Å². The van der Waals surface area contributed by atoms with Crippen LogP contribution in [0.25, 0.3) is 0 Å². The van der Waals surface area contributed by atoms with Gasteiger partial charge in [0.05, 0.1) is 0 Å². The second-order valence-electron chi connectivity index (χ2n) is 5.60. The maximum Gasteiger partial charge on any atom is 0.254 e. The van der Waals surface area contributed by atoms with Gasteiger partial charge in [0.15, 0.2) is 0 Å². The molecular formula is C18H16BrFN2O2. The molecular weight excluding hydrogens is 375 g/mol. The third-order valence-corrected chi connectivity index (χ3v) is 4.55. The standard InChI is InChI=1S/C18H16BrFN2O2/c19-15-6-4-13(5-7-15)17(23)21-8-10-22(11-9-21)18(24)14-2-1-3-16(20)12-14/h1-7,12H,8-11H2. The van der Waals surface area contributed by atoms with E-state index in [2.05, 4.69) is 15.9 Å². The van der Waals surface area contributed by atoms with Gasteiger partial charge < -0.3 is 9.80 Å². The molecule has 0 aliphatic carbocycles. The first-order valence-corrected chi connectivity index (χ1v) is 8.43. The molecule has 1 aliphatic heterocycles. The highest BCUT2D eigenvalue weighted by atomic mass is 79.9. The highest BCUT2D eigenvalue weighted by molar-refractivity contribution is 9.10. The Labute approximate surface area is 148 Å². The summed E-state index contributed by atoms with van der Waals surface area (Å²) in [6.07, 6.45) is 0. The maximum atomic E-state index is 13.3. The largest absolute Gasteiger partial charge is 0.335 e. The summed E-state index contributed by atoms with van der Waals surface area (Å²) in [5, 5.41) is 0. The Balaban J connectivity index is 1.62. The minimum Gasteiger partial charge on any atom is -0.335 e. The van der Waals surface area contributed by atoms with Gasteiger partial charge in [-0.1, -0.05) is 22.0 Å². The van der Waals surface area contributed by atoms with Crippen molar-refractivity contribution in [1.29, 1.82) is 0 Å². The fraction of sp³-hybridized carbons (Fsp3) is 0.222. The quantitative estimate of drug-likeness (QED) is 0.789. The lowest BCUT2D eigenvalue weighted by atomic mass is 10.1. The predicted octanol–water partition coefficient (Wildman–Crippen LogP) is 3.19. The van der Waals surface area contributed by atoms with Crippen LogP contribution < -0.4 is 0 Å². The number of carbonyl (C=O) groups is 2. The Hall–Kier alpha value is -2.21. The van der Waals surface area contributed by atoms with Crippen LogP contribution in [0.5, 0.6) is 0 Å². The SMILES string of the molecule is O=C(c1ccc(Br)cc1)N1CCN(C(=O)c2cccc(F)c2)CC1. The van der Waals surface area contributed by atoms with Gasteiger partial charge in [0.1, 0.15) is 5.82 Å². The smallest absolute Gasteiger partial charge is 0.254 e. The average Bonchev–Trinajstić information content (AvgIpc) is 2.61. The molecule has 0 unspecified atom stereocenters. The topological polar surface area (TPSA) is 40.6 Å². The molecule has 124 valence electrons. The number of carbonyl (C=O) groups excluding carboxylic acids is 2. The fourth-order valence-electron chi connectivity index (χ4n) is 2.69. The molecule has 0 N–H and O–H groups in total. The van der Waals surface area contributed by atoms with Crippen LogP contribution >= 0.6 is 15.9 Å². The van der Waals surface area contributed by atoms with Gasteiger partial charge in [0.25, 0.3) is 11.8 Å². The van der Waals surface area contributed by atoms with Gasteiger partial charge in [0, 0.05) is 41.8 Å². The molecule has 3 rings (SSSR count). The Morgan fingerprint density at radius 1 is 0.833 bits per heavy atom. The van der Waals surface area contributed by atoms with E-state index in [9.17, 15) is 14.0 Å². The second kappa shape index (κ2) is 7.13. The van der Waals surface area contributed by atoms with Crippen molar-refractivity contribution in [1.82, 2.24) is 9.80 Å². The van der Waals surface area contributed by atoms with E-state index in [0.29, 0.717) is 37.3 Å². The fourth-order valence-corrected chi connectivity index (χ4v) is 2.96. The van der Waals surface area contributed by atoms with E-state index in [1.807, 2.05) is 12.1 Å². The number of hydrogen-bond acceptors (Lipinski definition) is 2. The molecule has 0 atom stereocenters. The molecule has 24 heavy (non-hydrogen) atoms. The van der Waals surface area contributed by atoms with Gasteiger partial charge in [-0.25, -0.2) is 4.39 Å². The summed E-state index contributed by atoms with van der Waals surface area (Å²) in [6, 6.07) is 12.9. The average molecular weight is 391 g/mol. The Kier molecular flexibility index (Phi) is 4.94. The summed E-state index contributed by atoms with van der Waals surface area (Å²) in [5.41, 5.74) is 0.964. The van der Waals surface area contributed by atoms with Crippen molar-refractivity contribution in [2.45, 2.75) is 0 Å². The molecule has 1 saturated heterocycles. The summed E-state index contributed by atoms with van der Waals surface area (Å²) in [7, 11) is 0. The van der Waals surface area contributed by atoms with Crippen molar-refractivity contribution in [2.24, 2.45) is 0 Å². The number of amides is 2. The van der Waals surface area contributed by atoms with Crippen LogP contribution in [0.1, 0.15) is 20.7 Å². The lowest BCUT2D eigenvalue weighted by Gasteiger charge is -2.34. The lowest BCUT2D eigenvalue weighted by Crippen LogP contribution is -2.50. The number of hydrogen-bond donors (Lipinski definition) is 0. The maximum absolute atomic E-state index is 13.3. The molecule has 0 saturated carbocycles. The molecule has 6 heteroatoms. The van der Waals surface area contributed by atoms with Gasteiger partial charge in [-0.3, -0.25) is 9.59 Å². The zero-order valence-corrected chi connectivity index (χ0v) is 14.5. The zero-order valence-electron chi connectivity index (χ0n) is 12.9. The summed E-state index contributed by atoms with van der Waals surface area (Å²) in [5.74, 6) is -0.671. The van der Waals surface area contributed by atoms with Gasteiger partial charge >= 0.3 is 0 Å². The van der Waals surface area contributed by atoms with E-state index in [4.69, 9.17) is 0 Å². The van der Waals surface area contributed by atoms with Crippen molar-refractivity contribution < 1.29 is 14.0 Å². The highest BCUT2D eigenvalue weighted by Crippen LogP contribution is 2.15. The Morgan fingerprint density at radius 3 is 1.92 bits per heavy atom. The number of piperazine rings is 1. The van der Waals surface area contributed by atoms with Crippen LogP contribution in [0, 0.1) is 5.82 Å². The van der Waals surface area contributed by atoms with Gasteiger partial charge in [-0.05, 0) is 42.5 Å². The molecule has 4 nitrogen and oxygen atoms in total. The van der Waals surface area contributed by atoms with Crippen LogP contribution in [0.4, 0.5) is 4.39 Å². The van der Waals surface area contributed by atoms with Crippen LogP contribution in [-0.2, 0) is 0 Å². The third-order valence-electron chi connectivity index (χ3n) is 4.02. The van der Waals surface area contributed by atoms with Crippen molar-refractivity contribution in [3.8, 4) is 0 Å². The second-order valence-corrected chi connectivity index (χ2v) is 6.52. The minimum atomic E-state index is -0.426. The first-order chi connectivity index (χ1) is 11.5. The zero-order chi connectivity index (χ0) is 17.1. The normalized spacial score (nSPS) is 14.6. The number of benzene rings is 2. The van der Waals surface area contributed by atoms with E-state index >= 15 is 0 Å². The van der Waals surface area contributed by atoms with Gasteiger partial charge in [0.2, 0.25) is 0 Å². The molecule has 0 bridgehead atoms. The van der Waals surface area contributed by atoms with E-state index in [1.165, 1.54) is 18.2 Å². The molecule has 2 aromatic rings. The third kappa shape index (κ3) is 3.64. The Bertz CT molecular complexity index is 756. The highest BCUT2D eigenvalue weighted by Gasteiger charge is 2.25. The van der Waals surface area contributed by atoms with Crippen LogP contribution in [0.15, 0.2) is 53.0 Å². The van der Waals surface area contributed by atoms with Crippen LogP contribution in [-0.4, -0.2) is 47.8 Å². The molecule has 1 heterocycles.